The summed E-state index contributed by atoms with van der Waals surface area (Å²) in [6.07, 6.45) is 0. The monoisotopic (exact) mass is 111 g/mol. The first-order chi connectivity index (χ1) is 1.73. The van der Waals surface area contributed by atoms with Crippen molar-refractivity contribution in [2.24, 2.45) is 0 Å². The first-order valence-corrected chi connectivity index (χ1v) is 0.565. The number of rotatable bonds is 0. The van der Waals surface area contributed by atoms with Gasteiger partial charge >= 0.3 is 0 Å². The van der Waals surface area contributed by atoms with E-state index in [1.54, 1.807) is 0 Å². The van der Waals surface area contributed by atoms with E-state index in [2.05, 4.69) is 0 Å². The number of hydrogen-bond donors (Lipinski definition) is 1. The second-order valence-electron chi connectivity index (χ2n) is 0.238. The van der Waals surface area contributed by atoms with Gasteiger partial charge in [0.2, 0.25) is 0 Å². The Balaban J connectivity index is 0. The van der Waals surface area contributed by atoms with Crippen LogP contribution in [0.3, 0.4) is 0 Å². The molecule has 0 spiro atoms. The molecule has 0 atom stereocenters. The molecule has 0 fully saturated rings. The molecule has 0 aliphatic carbocycles. The van der Waals surface area contributed by atoms with Gasteiger partial charge in [0.1, 0.15) is 0 Å². The van der Waals surface area contributed by atoms with Crippen molar-refractivity contribution >= 4 is 0 Å². The van der Waals surface area contributed by atoms with Crippen molar-refractivity contribution in [1.29, 1.82) is 0 Å². The molecular formula is HNO3Ti. The molecular weight excluding hydrogens is 110 g/mol. The first kappa shape index (κ1) is 8.87. The van der Waals surface area contributed by atoms with Crippen molar-refractivity contribution in [1.82, 2.24) is 0 Å². The van der Waals surface area contributed by atoms with Crippen LogP contribution in [0.15, 0.2) is 0 Å². The van der Waals surface area contributed by atoms with Crippen LogP contribution >= 0.6 is 0 Å². The van der Waals surface area contributed by atoms with E-state index in [0.717, 1.165) is 0 Å². The quantitative estimate of drug-likeness (QED) is 0.264. The topological polar surface area (TPSA) is 63.4 Å². The van der Waals surface area contributed by atoms with Gasteiger partial charge in [-0.15, -0.1) is 10.1 Å². The number of hydrogen-bond acceptors (Lipinski definition) is 2. The minimum absolute atomic E-state index is 0. The minimum atomic E-state index is -1.50. The third-order valence-corrected chi connectivity index (χ3v) is 0. The second-order valence-corrected chi connectivity index (χ2v) is 0.238. The molecule has 5 heteroatoms. The first-order valence-electron chi connectivity index (χ1n) is 0.565. The van der Waals surface area contributed by atoms with Crippen LogP contribution in [0, 0.1) is 10.1 Å². The maximum atomic E-state index is 8.36. The van der Waals surface area contributed by atoms with Crippen molar-refractivity contribution in [3.8, 4) is 0 Å². The average molecular weight is 111 g/mol. The maximum absolute atomic E-state index is 8.36. The van der Waals surface area contributed by atoms with E-state index in [-0.39, 0.29) is 21.7 Å². The maximum Gasteiger partial charge on any atom is 0.291 e. The molecule has 0 rings (SSSR count). The molecule has 0 aromatic rings. The van der Waals surface area contributed by atoms with Crippen molar-refractivity contribution in [3.05, 3.63) is 10.1 Å². The summed E-state index contributed by atoms with van der Waals surface area (Å²) in [5, 5.41) is 13.6. The van der Waals surface area contributed by atoms with E-state index >= 15 is 0 Å². The molecule has 0 radical (unpaired) electrons. The van der Waals surface area contributed by atoms with Crippen molar-refractivity contribution in [3.63, 3.8) is 0 Å². The molecule has 0 aliphatic heterocycles. The largest absolute Gasteiger partial charge is 0.328 e. The Morgan fingerprint density at radius 3 is 1.80 bits per heavy atom. The third-order valence-electron chi connectivity index (χ3n) is 0. The van der Waals surface area contributed by atoms with Crippen LogP contribution in [-0.2, 0) is 21.7 Å². The van der Waals surface area contributed by atoms with E-state index < -0.39 is 5.09 Å². The summed E-state index contributed by atoms with van der Waals surface area (Å²) >= 11 is 0. The van der Waals surface area contributed by atoms with Gasteiger partial charge in [-0.05, 0) is 0 Å². The summed E-state index contributed by atoms with van der Waals surface area (Å²) < 4.78 is 0. The summed E-state index contributed by atoms with van der Waals surface area (Å²) in [7, 11) is 0. The molecule has 0 aromatic carbocycles. The Morgan fingerprint density at radius 2 is 1.80 bits per heavy atom. The van der Waals surface area contributed by atoms with Crippen LogP contribution in [0.1, 0.15) is 0 Å². The van der Waals surface area contributed by atoms with Gasteiger partial charge in [0, 0.05) is 21.7 Å². The van der Waals surface area contributed by atoms with E-state index in [0.29, 0.717) is 0 Å². The zero-order valence-electron chi connectivity index (χ0n) is 2.21. The fourth-order valence-electron chi connectivity index (χ4n) is 0. The van der Waals surface area contributed by atoms with Crippen LogP contribution in [-0.4, -0.2) is 10.3 Å². The summed E-state index contributed by atoms with van der Waals surface area (Å²) in [5.41, 5.74) is 0. The summed E-state index contributed by atoms with van der Waals surface area (Å²) in [6, 6.07) is 0. The molecule has 1 N–H and O–H groups in total. The Kier molecular flexibility index (Phi) is 6.94. The molecule has 0 saturated carbocycles. The number of nitrogens with zero attached hydrogens (tertiary/aromatic N) is 1. The van der Waals surface area contributed by atoms with Crippen LogP contribution < -0.4 is 0 Å². The molecule has 0 aliphatic rings. The van der Waals surface area contributed by atoms with Gasteiger partial charge in [0.05, 0.1) is 0 Å². The molecule has 28 valence electrons. The van der Waals surface area contributed by atoms with Gasteiger partial charge in [-0.2, -0.15) is 0 Å². The zero-order chi connectivity index (χ0) is 3.58. The Labute approximate surface area is 42.8 Å². The van der Waals surface area contributed by atoms with E-state index in [1.165, 1.54) is 0 Å². The van der Waals surface area contributed by atoms with Gasteiger partial charge < -0.3 is 5.21 Å². The second kappa shape index (κ2) is 3.91. The van der Waals surface area contributed by atoms with E-state index in [4.69, 9.17) is 15.3 Å². The van der Waals surface area contributed by atoms with Crippen molar-refractivity contribution < 1.29 is 32.0 Å². The van der Waals surface area contributed by atoms with E-state index in [9.17, 15) is 0 Å². The third kappa shape index (κ3) is 1950. The van der Waals surface area contributed by atoms with Crippen LogP contribution in [0.5, 0.6) is 0 Å². The summed E-state index contributed by atoms with van der Waals surface area (Å²) in [6.45, 7) is 0. The summed E-state index contributed by atoms with van der Waals surface area (Å²) in [5.74, 6) is 0. The van der Waals surface area contributed by atoms with Crippen LogP contribution in [0.25, 0.3) is 0 Å². The Hall–Kier alpha value is -0.0857. The van der Waals surface area contributed by atoms with Crippen molar-refractivity contribution in [2.45, 2.75) is 0 Å². The predicted octanol–water partition coefficient (Wildman–Crippen LogP) is -0.350. The fourth-order valence-corrected chi connectivity index (χ4v) is 0. The average Bonchev–Trinajstić information content (AvgIpc) is 0.811. The molecule has 0 bridgehead atoms. The van der Waals surface area contributed by atoms with Gasteiger partial charge in [-0.1, -0.05) is 0 Å². The Morgan fingerprint density at radius 1 is 1.80 bits per heavy atom. The zero-order valence-corrected chi connectivity index (χ0v) is 3.77. The van der Waals surface area contributed by atoms with Crippen LogP contribution in [0.2, 0.25) is 0 Å². The van der Waals surface area contributed by atoms with Gasteiger partial charge in [-0.3, -0.25) is 0 Å². The smallest absolute Gasteiger partial charge is 0.291 e. The van der Waals surface area contributed by atoms with E-state index in [1.807, 2.05) is 0 Å². The predicted molar refractivity (Wildman–Crippen MR) is 8.78 cm³/mol. The summed E-state index contributed by atoms with van der Waals surface area (Å²) in [4.78, 5) is 8.36. The molecule has 0 unspecified atom stereocenters. The minimum Gasteiger partial charge on any atom is -0.328 e. The van der Waals surface area contributed by atoms with Crippen molar-refractivity contribution in [2.75, 3.05) is 0 Å². The molecule has 4 nitrogen and oxygen atoms in total. The molecule has 0 heterocycles. The molecule has 0 saturated heterocycles. The van der Waals surface area contributed by atoms with Crippen LogP contribution in [0.4, 0.5) is 0 Å². The van der Waals surface area contributed by atoms with Gasteiger partial charge in [0.15, 0.2) is 0 Å². The Bertz CT molecular complexity index is 29.9. The molecule has 5 heavy (non-hydrogen) atoms. The SMILES string of the molecule is O=[N+]([O-])O.[Ti]. The molecule has 0 aromatic heterocycles. The van der Waals surface area contributed by atoms with Gasteiger partial charge in [0.25, 0.3) is 5.09 Å². The molecule has 0 amide bonds. The standard InChI is InChI=1S/HNO3.Ti/c2-1(3)4;/h(H,2,3,4);. The van der Waals surface area contributed by atoms with Gasteiger partial charge in [-0.25, -0.2) is 0 Å². The fraction of sp³-hybridized carbons (Fsp3) is 0. The normalized spacial score (nSPS) is 4.80.